The molecule has 0 aliphatic carbocycles. The zero-order chi connectivity index (χ0) is 25.1. The molecule has 0 atom stereocenters. The van der Waals surface area contributed by atoms with E-state index in [0.29, 0.717) is 54.2 Å². The highest BCUT2D eigenvalue weighted by atomic mass is 16.1. The van der Waals surface area contributed by atoms with E-state index >= 15 is 0 Å². The van der Waals surface area contributed by atoms with Crippen molar-refractivity contribution in [2.24, 2.45) is 0 Å². The Morgan fingerprint density at radius 1 is 0.556 bits per heavy atom. The lowest BCUT2D eigenvalue weighted by Gasteiger charge is -2.11. The summed E-state index contributed by atoms with van der Waals surface area (Å²) in [4.78, 5) is 37.1. The highest BCUT2D eigenvalue weighted by molar-refractivity contribution is 6.27. The lowest BCUT2D eigenvalue weighted by Crippen LogP contribution is -2.33. The van der Waals surface area contributed by atoms with Gasteiger partial charge in [0.15, 0.2) is 0 Å². The minimum Gasteiger partial charge on any atom is -0.268 e. The van der Waals surface area contributed by atoms with Crippen molar-refractivity contribution in [2.45, 2.75) is 0 Å². The van der Waals surface area contributed by atoms with Gasteiger partial charge in [0.25, 0.3) is 11.1 Å². The predicted molar refractivity (Wildman–Crippen MR) is 149 cm³/mol. The van der Waals surface area contributed by atoms with E-state index in [0.717, 1.165) is 10.8 Å². The number of rotatable bonds is 4. The van der Waals surface area contributed by atoms with Crippen LogP contribution in [0.4, 0.5) is 0 Å². The van der Waals surface area contributed by atoms with Crippen LogP contribution in [0, 0.1) is 0 Å². The highest BCUT2D eigenvalue weighted by Crippen LogP contribution is 2.33. The molecule has 0 aliphatic rings. The number of imidazole rings is 2. The number of fused-ring (bicyclic) bond motifs is 4. The summed E-state index contributed by atoms with van der Waals surface area (Å²) in [6, 6.07) is 7.32. The van der Waals surface area contributed by atoms with Crippen LogP contribution in [0.15, 0.2) is 84.5 Å². The van der Waals surface area contributed by atoms with Crippen molar-refractivity contribution >= 4 is 67.9 Å². The van der Waals surface area contributed by atoms with Crippen molar-refractivity contribution in [3.8, 4) is 0 Å². The molecular formula is C30H20N4O2. The van der Waals surface area contributed by atoms with Crippen LogP contribution >= 0.6 is 0 Å². The Labute approximate surface area is 203 Å². The Bertz CT molecular complexity index is 2150. The number of pyridine rings is 2. The molecular weight excluding hydrogens is 448 g/mol. The summed E-state index contributed by atoms with van der Waals surface area (Å²) < 4.78 is 3.19. The van der Waals surface area contributed by atoms with Crippen LogP contribution in [0.1, 0.15) is 0 Å². The molecule has 4 aromatic heterocycles. The number of hydrogen-bond acceptors (Lipinski definition) is 4. The monoisotopic (exact) mass is 468 g/mol. The third kappa shape index (κ3) is 2.61. The van der Waals surface area contributed by atoms with Gasteiger partial charge in [-0.25, -0.2) is 9.97 Å². The molecule has 6 rings (SSSR count). The number of benzene rings is 2. The third-order valence-electron chi connectivity index (χ3n) is 6.50. The van der Waals surface area contributed by atoms with Crippen LogP contribution in [0.5, 0.6) is 0 Å². The van der Waals surface area contributed by atoms with Crippen molar-refractivity contribution in [1.82, 2.24) is 18.8 Å². The van der Waals surface area contributed by atoms with Crippen LogP contribution in [0.2, 0.25) is 0 Å². The van der Waals surface area contributed by atoms with Crippen molar-refractivity contribution in [3.05, 3.63) is 117 Å². The molecule has 0 radical (unpaired) electrons. The largest absolute Gasteiger partial charge is 0.268 e. The van der Waals surface area contributed by atoms with Gasteiger partial charge >= 0.3 is 0 Å². The van der Waals surface area contributed by atoms with Gasteiger partial charge in [-0.3, -0.25) is 18.4 Å². The van der Waals surface area contributed by atoms with Crippen LogP contribution in [-0.2, 0) is 0 Å². The summed E-state index contributed by atoms with van der Waals surface area (Å²) >= 11 is 0. The molecule has 0 unspecified atom stereocenters. The maximum Gasteiger partial charge on any atom is 0.264 e. The van der Waals surface area contributed by atoms with E-state index in [-0.39, 0.29) is 11.1 Å². The van der Waals surface area contributed by atoms with Gasteiger partial charge in [0.05, 0.1) is 21.4 Å². The Kier molecular flexibility index (Phi) is 4.59. The minimum atomic E-state index is -0.215. The first-order valence-corrected chi connectivity index (χ1v) is 11.3. The summed E-state index contributed by atoms with van der Waals surface area (Å²) in [7, 11) is 0. The van der Waals surface area contributed by atoms with E-state index < -0.39 is 0 Å². The van der Waals surface area contributed by atoms with E-state index in [1.54, 1.807) is 69.5 Å². The fourth-order valence-corrected chi connectivity index (χ4v) is 5.15. The van der Waals surface area contributed by atoms with E-state index in [4.69, 9.17) is 9.97 Å². The van der Waals surface area contributed by atoms with E-state index in [1.807, 2.05) is 12.1 Å². The molecule has 0 spiro atoms. The Morgan fingerprint density at radius 2 is 0.917 bits per heavy atom. The second kappa shape index (κ2) is 7.71. The molecule has 172 valence electrons. The first-order chi connectivity index (χ1) is 17.5. The quantitative estimate of drug-likeness (QED) is 0.371. The van der Waals surface area contributed by atoms with Gasteiger partial charge in [-0.15, -0.1) is 0 Å². The molecule has 0 saturated carbocycles. The Balaban J connectivity index is 1.98. The van der Waals surface area contributed by atoms with Crippen LogP contribution in [-0.4, -0.2) is 18.8 Å². The molecule has 0 saturated heterocycles. The van der Waals surface area contributed by atoms with Gasteiger partial charge in [0, 0.05) is 32.3 Å². The lowest BCUT2D eigenvalue weighted by atomic mass is 9.96. The molecule has 0 fully saturated rings. The zero-order valence-electron chi connectivity index (χ0n) is 19.4. The maximum absolute atomic E-state index is 13.8. The number of allylic oxidation sites excluding steroid dienone is 4. The molecule has 36 heavy (non-hydrogen) atoms. The summed E-state index contributed by atoms with van der Waals surface area (Å²) in [5.41, 5.74) is 0.599. The fourth-order valence-electron chi connectivity index (χ4n) is 5.15. The average Bonchev–Trinajstić information content (AvgIpc) is 3.41. The normalized spacial score (nSPS) is 14.3. The second-order valence-electron chi connectivity index (χ2n) is 8.37. The van der Waals surface area contributed by atoms with Gasteiger partial charge in [0.1, 0.15) is 11.3 Å². The molecule has 6 heteroatoms. The van der Waals surface area contributed by atoms with Gasteiger partial charge < -0.3 is 0 Å². The first-order valence-electron chi connectivity index (χ1n) is 11.3. The molecule has 0 bridgehead atoms. The first kappa shape index (κ1) is 21.4. The molecule has 6 aromatic rings. The van der Waals surface area contributed by atoms with E-state index in [9.17, 15) is 9.59 Å². The van der Waals surface area contributed by atoms with Crippen LogP contribution in [0.3, 0.4) is 0 Å². The fraction of sp³-hybridized carbons (Fsp3) is 0. The molecule has 4 heterocycles. The second-order valence-corrected chi connectivity index (χ2v) is 8.37. The standard InChI is InChI=1S/C30H20N4O2/c1-5-9-21-23(11-7-3)33-27(31-21)17-13-15-20-26-18(14-16-19(25(17)26)29(33)35)28-32-22(10-6-2)24(12-8-4)34(28)30(20)36/h5-16H,1-4H2/b21-9+,22-10+,23-11+,24-12+. The van der Waals surface area contributed by atoms with Gasteiger partial charge in [-0.05, 0) is 48.6 Å². The zero-order valence-corrected chi connectivity index (χ0v) is 19.4. The smallest absolute Gasteiger partial charge is 0.264 e. The highest BCUT2D eigenvalue weighted by Gasteiger charge is 2.21. The maximum atomic E-state index is 13.8. The molecule has 6 nitrogen and oxygen atoms in total. The summed E-state index contributed by atoms with van der Waals surface area (Å²) in [5.74, 6) is 0. The molecule has 0 aliphatic heterocycles. The van der Waals surface area contributed by atoms with Crippen molar-refractivity contribution in [1.29, 1.82) is 0 Å². The molecule has 0 N–H and O–H groups in total. The van der Waals surface area contributed by atoms with Crippen LogP contribution in [0.25, 0.3) is 67.9 Å². The Morgan fingerprint density at radius 3 is 1.28 bits per heavy atom. The van der Waals surface area contributed by atoms with Gasteiger partial charge in [0.2, 0.25) is 0 Å². The average molecular weight is 469 g/mol. The van der Waals surface area contributed by atoms with Gasteiger partial charge in [-0.1, -0.05) is 50.6 Å². The van der Waals surface area contributed by atoms with Crippen LogP contribution < -0.4 is 32.5 Å². The number of hydrogen-bond donors (Lipinski definition) is 0. The SMILES string of the molecule is C=C/C=c1/nc2c3ccc4c(=O)n5c(=C/C=C)/c(=C\C=C)nc5c5ccc(c(=O)n2/c1=C/C=C)c3c45. The van der Waals surface area contributed by atoms with Crippen molar-refractivity contribution < 1.29 is 0 Å². The third-order valence-corrected chi connectivity index (χ3v) is 6.50. The minimum absolute atomic E-state index is 0.215. The topological polar surface area (TPSA) is 68.7 Å². The van der Waals surface area contributed by atoms with Gasteiger partial charge in [-0.2, -0.15) is 0 Å². The number of aromatic nitrogens is 4. The van der Waals surface area contributed by atoms with E-state index in [1.165, 1.54) is 0 Å². The predicted octanol–water partition coefficient (Wildman–Crippen LogP) is 1.90. The summed E-state index contributed by atoms with van der Waals surface area (Å²) in [6.07, 6.45) is 13.6. The number of nitrogens with zero attached hydrogens (tertiary/aromatic N) is 4. The van der Waals surface area contributed by atoms with Crippen molar-refractivity contribution in [3.63, 3.8) is 0 Å². The lowest BCUT2D eigenvalue weighted by molar-refractivity contribution is 1.09. The molecule has 0 amide bonds. The summed E-state index contributed by atoms with van der Waals surface area (Å²) in [5, 5.41) is 6.45. The van der Waals surface area contributed by atoms with Crippen molar-refractivity contribution in [2.75, 3.05) is 0 Å². The Hall–Kier alpha value is -5.10. The van der Waals surface area contributed by atoms with E-state index in [2.05, 4.69) is 26.3 Å². The summed E-state index contributed by atoms with van der Waals surface area (Å²) in [6.45, 7) is 15.1. The molecule has 2 aromatic carbocycles.